The smallest absolute Gasteiger partial charge is 0.149 e. The summed E-state index contributed by atoms with van der Waals surface area (Å²) in [4.78, 5) is 10.7. The molecule has 0 fully saturated rings. The molecule has 1 aliphatic rings. The van der Waals surface area contributed by atoms with Crippen LogP contribution in [-0.4, -0.2) is 12.9 Å². The molecule has 0 aromatic heterocycles. The van der Waals surface area contributed by atoms with Gasteiger partial charge in [0.2, 0.25) is 0 Å². The number of carbonyl (C=O) groups excluding carboxylic acids is 1. The Bertz CT molecular complexity index is 556. The van der Waals surface area contributed by atoms with Crippen molar-refractivity contribution in [1.29, 1.82) is 0 Å². The van der Waals surface area contributed by atoms with E-state index >= 15 is 0 Å². The quantitative estimate of drug-likeness (QED) is 0.610. The van der Waals surface area contributed by atoms with Crippen LogP contribution in [0, 0.1) is 17.8 Å². The Labute approximate surface area is 114 Å². The van der Waals surface area contributed by atoms with Gasteiger partial charge in [0, 0.05) is 23.1 Å². The number of hydrogen-bond donors (Lipinski definition) is 0. The van der Waals surface area contributed by atoms with Crippen molar-refractivity contribution >= 4 is 12.4 Å². The fraction of sp³-hybridized carbons (Fsp3) is 0.353. The van der Waals surface area contributed by atoms with Crippen LogP contribution in [0.5, 0.6) is 5.75 Å². The van der Waals surface area contributed by atoms with E-state index in [0.29, 0.717) is 18.1 Å². The summed E-state index contributed by atoms with van der Waals surface area (Å²) in [5.41, 5.74) is 2.58. The first-order valence-electron chi connectivity index (χ1n) is 6.60. The number of carbonyl (C=O) groups is 1. The van der Waals surface area contributed by atoms with Crippen LogP contribution in [-0.2, 0) is 4.79 Å². The Kier molecular flexibility index (Phi) is 4.41. The molecule has 0 N–H and O–H groups in total. The minimum atomic E-state index is 0.348. The van der Waals surface area contributed by atoms with Crippen LogP contribution in [0.15, 0.2) is 23.8 Å². The fourth-order valence-electron chi connectivity index (χ4n) is 1.85. The minimum absolute atomic E-state index is 0.348. The van der Waals surface area contributed by atoms with Gasteiger partial charge in [-0.25, -0.2) is 0 Å². The number of aldehydes is 1. The topological polar surface area (TPSA) is 26.3 Å². The molecule has 0 saturated carbocycles. The van der Waals surface area contributed by atoms with Gasteiger partial charge in [0.1, 0.15) is 18.6 Å². The molecule has 2 nitrogen and oxygen atoms in total. The zero-order chi connectivity index (χ0) is 13.7. The van der Waals surface area contributed by atoms with Crippen LogP contribution in [0.25, 0.3) is 6.08 Å². The highest BCUT2D eigenvalue weighted by Gasteiger charge is 2.10. The molecule has 0 radical (unpaired) electrons. The van der Waals surface area contributed by atoms with Crippen molar-refractivity contribution in [2.75, 3.05) is 6.61 Å². The third kappa shape index (κ3) is 3.72. The summed E-state index contributed by atoms with van der Waals surface area (Å²) in [6.45, 7) is 4.75. The normalized spacial score (nSPS) is 12.9. The van der Waals surface area contributed by atoms with E-state index < -0.39 is 0 Å². The summed E-state index contributed by atoms with van der Waals surface area (Å²) in [6.07, 6.45) is 4.75. The van der Waals surface area contributed by atoms with Gasteiger partial charge in [-0.05, 0) is 30.5 Å². The second kappa shape index (κ2) is 6.24. The lowest BCUT2D eigenvalue weighted by atomic mass is 10.1. The summed E-state index contributed by atoms with van der Waals surface area (Å²) in [5, 5.41) is 0. The minimum Gasteiger partial charge on any atom is -0.488 e. The molecule has 0 atom stereocenters. The van der Waals surface area contributed by atoms with Crippen molar-refractivity contribution in [2.24, 2.45) is 5.92 Å². The molecule has 2 heteroatoms. The maximum Gasteiger partial charge on any atom is 0.149 e. The highest BCUT2D eigenvalue weighted by atomic mass is 16.5. The summed E-state index contributed by atoms with van der Waals surface area (Å²) >= 11 is 0. The Morgan fingerprint density at radius 2 is 2.26 bits per heavy atom. The van der Waals surface area contributed by atoms with Gasteiger partial charge in [-0.15, -0.1) is 0 Å². The summed E-state index contributed by atoms with van der Waals surface area (Å²) < 4.78 is 5.54. The molecule has 19 heavy (non-hydrogen) atoms. The molecule has 1 aromatic carbocycles. The van der Waals surface area contributed by atoms with E-state index in [0.717, 1.165) is 36.0 Å². The molecule has 0 spiro atoms. The lowest BCUT2D eigenvalue weighted by Gasteiger charge is -2.14. The van der Waals surface area contributed by atoms with Crippen LogP contribution in [0.3, 0.4) is 0 Å². The van der Waals surface area contributed by atoms with E-state index in [2.05, 4.69) is 25.7 Å². The van der Waals surface area contributed by atoms with Crippen molar-refractivity contribution in [3.63, 3.8) is 0 Å². The number of benzene rings is 1. The predicted octanol–water partition coefficient (Wildman–Crippen LogP) is 3.45. The van der Waals surface area contributed by atoms with Gasteiger partial charge in [0.05, 0.1) is 0 Å². The van der Waals surface area contributed by atoms with Crippen molar-refractivity contribution in [3.8, 4) is 17.6 Å². The summed E-state index contributed by atoms with van der Waals surface area (Å²) in [7, 11) is 0. The number of rotatable bonds is 3. The van der Waals surface area contributed by atoms with E-state index in [1.165, 1.54) is 0 Å². The standard InChI is InChI=1S/C17H18O2/c1-13(2)5-3-4-6-14-7-8-16-9-15(11-18)12-19-17(16)10-14/h7-11,13H,3,5,12H2,1-2H3. The van der Waals surface area contributed by atoms with E-state index in [9.17, 15) is 4.79 Å². The second-order valence-corrected chi connectivity index (χ2v) is 5.11. The van der Waals surface area contributed by atoms with Gasteiger partial charge in [0.15, 0.2) is 0 Å². The van der Waals surface area contributed by atoms with Crippen molar-refractivity contribution < 1.29 is 9.53 Å². The average molecular weight is 254 g/mol. The molecule has 1 heterocycles. The summed E-state index contributed by atoms with van der Waals surface area (Å²) in [5.74, 6) is 7.83. The molecular formula is C17H18O2. The van der Waals surface area contributed by atoms with Crippen LogP contribution < -0.4 is 4.74 Å². The molecule has 2 rings (SSSR count). The number of hydrogen-bond acceptors (Lipinski definition) is 2. The Balaban J connectivity index is 2.10. The van der Waals surface area contributed by atoms with E-state index in [4.69, 9.17) is 4.74 Å². The van der Waals surface area contributed by atoms with Gasteiger partial charge in [-0.1, -0.05) is 31.8 Å². The highest BCUT2D eigenvalue weighted by molar-refractivity contribution is 5.84. The third-order valence-corrected chi connectivity index (χ3v) is 2.98. The molecule has 0 unspecified atom stereocenters. The van der Waals surface area contributed by atoms with E-state index in [1.807, 2.05) is 24.3 Å². The zero-order valence-electron chi connectivity index (χ0n) is 11.4. The van der Waals surface area contributed by atoms with Crippen molar-refractivity contribution in [3.05, 3.63) is 34.9 Å². The van der Waals surface area contributed by atoms with Crippen molar-refractivity contribution in [2.45, 2.75) is 26.7 Å². The summed E-state index contributed by atoms with van der Waals surface area (Å²) in [6, 6.07) is 5.86. The van der Waals surface area contributed by atoms with E-state index in [1.54, 1.807) is 0 Å². The van der Waals surface area contributed by atoms with Crippen LogP contribution in [0.1, 0.15) is 37.8 Å². The number of ether oxygens (including phenoxy) is 1. The predicted molar refractivity (Wildman–Crippen MR) is 76.9 cm³/mol. The lowest BCUT2D eigenvalue weighted by molar-refractivity contribution is -0.105. The Morgan fingerprint density at radius 3 is 3.00 bits per heavy atom. The van der Waals surface area contributed by atoms with Crippen LogP contribution in [0.2, 0.25) is 0 Å². The molecule has 0 aliphatic carbocycles. The molecular weight excluding hydrogens is 236 g/mol. The average Bonchev–Trinajstić information content (AvgIpc) is 2.42. The van der Waals surface area contributed by atoms with Crippen LogP contribution >= 0.6 is 0 Å². The van der Waals surface area contributed by atoms with Gasteiger partial charge in [0.25, 0.3) is 0 Å². The van der Waals surface area contributed by atoms with Gasteiger partial charge in [-0.2, -0.15) is 0 Å². The largest absolute Gasteiger partial charge is 0.488 e. The first kappa shape index (κ1) is 13.4. The molecule has 1 aliphatic heterocycles. The maximum absolute atomic E-state index is 10.7. The van der Waals surface area contributed by atoms with Crippen LogP contribution in [0.4, 0.5) is 0 Å². The Morgan fingerprint density at radius 1 is 1.42 bits per heavy atom. The van der Waals surface area contributed by atoms with Crippen molar-refractivity contribution in [1.82, 2.24) is 0 Å². The first-order chi connectivity index (χ1) is 9.19. The fourth-order valence-corrected chi connectivity index (χ4v) is 1.85. The first-order valence-corrected chi connectivity index (χ1v) is 6.60. The second-order valence-electron chi connectivity index (χ2n) is 5.11. The monoisotopic (exact) mass is 254 g/mol. The van der Waals surface area contributed by atoms with E-state index in [-0.39, 0.29) is 0 Å². The highest BCUT2D eigenvalue weighted by Crippen LogP contribution is 2.26. The zero-order valence-corrected chi connectivity index (χ0v) is 11.4. The van der Waals surface area contributed by atoms with Gasteiger partial charge in [-0.3, -0.25) is 4.79 Å². The third-order valence-electron chi connectivity index (χ3n) is 2.98. The molecule has 0 bridgehead atoms. The number of fused-ring (bicyclic) bond motifs is 1. The SMILES string of the molecule is CC(C)CCC#Cc1ccc2c(c1)OCC(C=O)=C2. The molecule has 1 aromatic rings. The van der Waals surface area contributed by atoms with Gasteiger partial charge >= 0.3 is 0 Å². The molecule has 98 valence electrons. The molecule has 0 amide bonds. The lowest BCUT2D eigenvalue weighted by Crippen LogP contribution is -2.08. The Hall–Kier alpha value is -2.01. The van der Waals surface area contributed by atoms with Gasteiger partial charge < -0.3 is 4.74 Å². The maximum atomic E-state index is 10.7. The molecule has 0 saturated heterocycles.